The Morgan fingerprint density at radius 3 is 2.15 bits per heavy atom. The van der Waals surface area contributed by atoms with Crippen molar-refractivity contribution in [1.82, 2.24) is 26.2 Å². The van der Waals surface area contributed by atoms with E-state index < -0.39 is 65.0 Å². The van der Waals surface area contributed by atoms with Crippen molar-refractivity contribution in [2.75, 3.05) is 6.54 Å². The normalized spacial score (nSPS) is 22.9. The second-order valence-electron chi connectivity index (χ2n) is 15.2. The number of primary amides is 1. The van der Waals surface area contributed by atoms with E-state index in [-0.39, 0.29) is 23.2 Å². The Morgan fingerprint density at radius 1 is 1.00 bits per heavy atom. The Labute approximate surface area is 282 Å². The van der Waals surface area contributed by atoms with Crippen molar-refractivity contribution in [2.45, 2.75) is 91.4 Å². The summed E-state index contributed by atoms with van der Waals surface area (Å²) < 4.78 is 0. The lowest BCUT2D eigenvalue weighted by atomic mass is 9.80. The minimum absolute atomic E-state index is 0.0396. The molecule has 3 fully saturated rings. The first-order valence-corrected chi connectivity index (χ1v) is 16.6. The molecule has 0 spiro atoms. The molecule has 0 radical (unpaired) electrons. The second kappa shape index (κ2) is 13.9. The molecular weight excluding hydrogens is 612 g/mol. The van der Waals surface area contributed by atoms with E-state index in [1.165, 1.54) is 4.90 Å². The van der Waals surface area contributed by atoms with Crippen LogP contribution in [0.25, 0.3) is 5.70 Å². The number of carbonyl (C=O) groups is 6. The highest BCUT2D eigenvalue weighted by Crippen LogP contribution is 2.65. The Bertz CT molecular complexity index is 1490. The third-order valence-electron chi connectivity index (χ3n) is 10.2. The van der Waals surface area contributed by atoms with Crippen molar-refractivity contribution < 1.29 is 28.8 Å². The summed E-state index contributed by atoms with van der Waals surface area (Å²) in [6.07, 6.45) is 3.14. The molecule has 1 aromatic carbocycles. The van der Waals surface area contributed by atoms with Crippen LogP contribution in [-0.4, -0.2) is 71.1 Å². The summed E-state index contributed by atoms with van der Waals surface area (Å²) in [5.41, 5.74) is 5.73. The number of Topliss-reactive ketones (excluding diaryl/α,β-unsaturated/α-hetero) is 1. The van der Waals surface area contributed by atoms with Crippen LogP contribution in [0.4, 0.5) is 4.79 Å². The molecule has 2 aliphatic carbocycles. The molecule has 0 aromatic heterocycles. The van der Waals surface area contributed by atoms with Crippen LogP contribution in [0.1, 0.15) is 72.8 Å². The van der Waals surface area contributed by atoms with E-state index in [1.807, 2.05) is 32.0 Å². The minimum atomic E-state index is -1.13. The Morgan fingerprint density at radius 2 is 1.62 bits per heavy atom. The molecule has 2 saturated carbocycles. The number of hydrogen-bond acceptors (Lipinski definition) is 6. The van der Waals surface area contributed by atoms with Gasteiger partial charge >= 0.3 is 6.03 Å². The van der Waals surface area contributed by atoms with Gasteiger partial charge in [0.05, 0.1) is 6.04 Å². The van der Waals surface area contributed by atoms with Gasteiger partial charge in [0.25, 0.3) is 11.8 Å². The van der Waals surface area contributed by atoms with Gasteiger partial charge in [-0.15, -0.1) is 0 Å². The molecule has 12 nitrogen and oxygen atoms in total. The molecule has 1 unspecified atom stereocenters. The Kier molecular flexibility index (Phi) is 10.6. The number of piperidine rings is 1. The number of urea groups is 1. The van der Waals surface area contributed by atoms with Gasteiger partial charge in [-0.05, 0) is 53.1 Å². The highest BCUT2D eigenvalue weighted by molar-refractivity contribution is 6.37. The van der Waals surface area contributed by atoms with Crippen molar-refractivity contribution in [1.29, 1.82) is 0 Å². The summed E-state index contributed by atoms with van der Waals surface area (Å²) in [6, 6.07) is 4.09. The maximum absolute atomic E-state index is 14.3. The van der Waals surface area contributed by atoms with Gasteiger partial charge < -0.3 is 31.9 Å². The monoisotopic (exact) mass is 662 g/mol. The summed E-state index contributed by atoms with van der Waals surface area (Å²) in [4.78, 5) is 80.8. The summed E-state index contributed by atoms with van der Waals surface area (Å²) >= 11 is 0. The molecule has 0 bridgehead atoms. The molecule has 6 amide bonds. The lowest BCUT2D eigenvalue weighted by Gasteiger charge is -2.38. The van der Waals surface area contributed by atoms with Gasteiger partial charge in [0.1, 0.15) is 18.1 Å². The number of ketones is 1. The van der Waals surface area contributed by atoms with Crippen molar-refractivity contribution in [3.63, 3.8) is 0 Å². The van der Waals surface area contributed by atoms with E-state index in [0.717, 1.165) is 19.3 Å². The third kappa shape index (κ3) is 7.79. The third-order valence-corrected chi connectivity index (χ3v) is 10.2. The van der Waals surface area contributed by atoms with Crippen molar-refractivity contribution in [3.8, 4) is 0 Å². The number of amides is 6. The smallest absolute Gasteiger partial charge is 0.316 e. The summed E-state index contributed by atoms with van der Waals surface area (Å²) in [7, 11) is 0. The van der Waals surface area contributed by atoms with Gasteiger partial charge in [0, 0.05) is 12.2 Å². The van der Waals surface area contributed by atoms with Crippen LogP contribution < -0.4 is 27.0 Å². The zero-order valence-electron chi connectivity index (χ0n) is 28.9. The van der Waals surface area contributed by atoms with Crippen molar-refractivity contribution >= 4 is 41.1 Å². The number of benzene rings is 1. The van der Waals surface area contributed by atoms with Crippen LogP contribution in [0.2, 0.25) is 0 Å². The quantitative estimate of drug-likeness (QED) is 0.160. The van der Waals surface area contributed by atoms with Crippen molar-refractivity contribution in [2.24, 2.45) is 34.3 Å². The van der Waals surface area contributed by atoms with Gasteiger partial charge in [0.2, 0.25) is 17.6 Å². The molecule has 6 atom stereocenters. The van der Waals surface area contributed by atoms with E-state index in [2.05, 4.69) is 34.4 Å². The molecule has 3 aliphatic rings. The average molecular weight is 663 g/mol. The van der Waals surface area contributed by atoms with Crippen molar-refractivity contribution in [3.05, 3.63) is 54.6 Å². The number of rotatable bonds is 13. The zero-order valence-corrected chi connectivity index (χ0v) is 28.9. The summed E-state index contributed by atoms with van der Waals surface area (Å²) in [5.74, 6) is -3.42. The first-order chi connectivity index (χ1) is 22.3. The molecule has 12 heteroatoms. The van der Waals surface area contributed by atoms with Crippen LogP contribution in [0.3, 0.4) is 0 Å². The highest BCUT2D eigenvalue weighted by atomic mass is 16.2. The van der Waals surface area contributed by atoms with E-state index in [0.29, 0.717) is 29.8 Å². The van der Waals surface area contributed by atoms with Crippen LogP contribution in [-0.2, 0) is 24.0 Å². The SMILES string of the molecule is C=C(NC(=O)[C@@H](NC(=O)N[C@H](C(=O)N1C[C@H]2[C@@H]([C@H]1C(=O)NC(CC1CCC1)C(=O)C(N)=O)C2(C)C)C(C)(C)C)C(=C)C)c1ccccc1. The molecule has 1 aliphatic heterocycles. The Hall–Kier alpha value is -4.48. The average Bonchev–Trinajstić information content (AvgIpc) is 3.30. The van der Waals surface area contributed by atoms with Gasteiger partial charge in [0.15, 0.2) is 0 Å². The largest absolute Gasteiger partial charge is 0.363 e. The summed E-state index contributed by atoms with van der Waals surface area (Å²) in [5, 5.41) is 10.9. The predicted octanol–water partition coefficient (Wildman–Crippen LogP) is 2.64. The van der Waals surface area contributed by atoms with E-state index in [4.69, 9.17) is 5.73 Å². The zero-order chi connectivity index (χ0) is 35.7. The first-order valence-electron chi connectivity index (χ1n) is 16.6. The maximum atomic E-state index is 14.3. The fourth-order valence-corrected chi connectivity index (χ4v) is 7.00. The number of nitrogens with one attached hydrogen (secondary N) is 4. The second-order valence-corrected chi connectivity index (χ2v) is 15.2. The van der Waals surface area contributed by atoms with Crippen LogP contribution in [0.15, 0.2) is 49.1 Å². The lowest BCUT2D eigenvalue weighted by Crippen LogP contribution is -2.62. The number of fused-ring (bicyclic) bond motifs is 1. The van der Waals surface area contributed by atoms with E-state index >= 15 is 0 Å². The Balaban J connectivity index is 1.50. The van der Waals surface area contributed by atoms with Crippen LogP contribution in [0.5, 0.6) is 0 Å². The summed E-state index contributed by atoms with van der Waals surface area (Å²) in [6.45, 7) is 19.1. The number of nitrogens with two attached hydrogens (primary N) is 1. The highest BCUT2D eigenvalue weighted by Gasteiger charge is 2.70. The predicted molar refractivity (Wildman–Crippen MR) is 181 cm³/mol. The van der Waals surface area contributed by atoms with Crippen LogP contribution >= 0.6 is 0 Å². The van der Waals surface area contributed by atoms with Gasteiger partial charge in [-0.2, -0.15) is 0 Å². The molecule has 260 valence electrons. The van der Waals surface area contributed by atoms with Gasteiger partial charge in [-0.25, -0.2) is 4.79 Å². The molecule has 1 saturated heterocycles. The van der Waals surface area contributed by atoms with Gasteiger partial charge in [-0.3, -0.25) is 24.0 Å². The van der Waals surface area contributed by atoms with Crippen LogP contribution in [0, 0.1) is 28.6 Å². The molecule has 4 rings (SSSR count). The molecular formula is C36H50N6O6. The fourth-order valence-electron chi connectivity index (χ4n) is 7.00. The number of hydrogen-bond donors (Lipinski definition) is 5. The fraction of sp³-hybridized carbons (Fsp3) is 0.556. The number of nitrogens with zero attached hydrogens (tertiary/aromatic N) is 1. The topological polar surface area (TPSA) is 180 Å². The molecule has 48 heavy (non-hydrogen) atoms. The van der Waals surface area contributed by atoms with E-state index in [9.17, 15) is 28.8 Å². The number of likely N-dealkylation sites (tertiary alicyclic amines) is 1. The van der Waals surface area contributed by atoms with Gasteiger partial charge in [-0.1, -0.05) is 97.4 Å². The number of carbonyl (C=O) groups excluding carboxylic acids is 6. The standard InChI is InChI=1S/C36H50N6O6/c1-19(2)26(31(45)38-20(3)22-15-10-9-11-16-22)40-34(48)41-29(35(4,5)6)33(47)42-18-23-25(36(23,7)8)27(42)32(46)39-24(28(43)30(37)44)17-21-13-12-14-21/h9-11,15-16,21,23-27,29H,1,3,12-14,17-18H2,2,4-8H3,(H2,37,44)(H,38,45)(H,39,46)(H2,40,41,48)/t23-,24?,25-,26-,27-,29+/m0/s1. The molecule has 1 heterocycles. The first kappa shape index (κ1) is 36.4. The van der Waals surface area contributed by atoms with E-state index in [1.54, 1.807) is 39.8 Å². The minimum Gasteiger partial charge on any atom is -0.363 e. The molecule has 6 N–H and O–H groups in total. The maximum Gasteiger partial charge on any atom is 0.316 e. The lowest BCUT2D eigenvalue weighted by molar-refractivity contribution is -0.145. The molecule has 1 aromatic rings.